The molecule has 15 heavy (non-hydrogen) atoms. The summed E-state index contributed by atoms with van der Waals surface area (Å²) in [6.07, 6.45) is 0.0725. The lowest BCUT2D eigenvalue weighted by Crippen LogP contribution is -2.38. The topological polar surface area (TPSA) is 104 Å². The Morgan fingerprint density at radius 2 is 2.00 bits per heavy atom. The highest BCUT2D eigenvalue weighted by Gasteiger charge is 2.19. The van der Waals surface area contributed by atoms with Gasteiger partial charge in [-0.25, -0.2) is 0 Å². The van der Waals surface area contributed by atoms with Crippen molar-refractivity contribution in [2.45, 2.75) is 12.5 Å². The molecule has 5 nitrogen and oxygen atoms in total. The first-order valence-electron chi connectivity index (χ1n) is 4.44. The second kappa shape index (κ2) is 4.93. The summed E-state index contributed by atoms with van der Waals surface area (Å²) < 4.78 is 0. The predicted molar refractivity (Wildman–Crippen MR) is 55.6 cm³/mol. The number of hydrogen-bond donors (Lipinski definition) is 4. The third kappa shape index (κ3) is 3.05. The fourth-order valence-corrected chi connectivity index (χ4v) is 1.30. The highest BCUT2D eigenvalue weighted by Crippen LogP contribution is 2.01. The summed E-state index contributed by atoms with van der Waals surface area (Å²) in [4.78, 5) is 10.5. The van der Waals surface area contributed by atoms with Crippen LogP contribution in [0.5, 0.6) is 0 Å². The summed E-state index contributed by atoms with van der Waals surface area (Å²) in [6.45, 7) is 0. The number of benzene rings is 1. The molecule has 1 atom stereocenters. The minimum Gasteiger partial charge on any atom is -0.480 e. The molecule has 5 N–H and O–H groups in total. The SMILES string of the molecule is NC(Cc1ccccc1B(O)O)C(=O)O. The monoisotopic (exact) mass is 209 g/mol. The van der Waals surface area contributed by atoms with Crippen molar-refractivity contribution in [1.29, 1.82) is 0 Å². The molecule has 0 saturated heterocycles. The van der Waals surface area contributed by atoms with Crippen molar-refractivity contribution in [3.05, 3.63) is 29.8 Å². The van der Waals surface area contributed by atoms with Crippen molar-refractivity contribution in [2.75, 3.05) is 0 Å². The molecular weight excluding hydrogens is 197 g/mol. The zero-order valence-corrected chi connectivity index (χ0v) is 8.00. The van der Waals surface area contributed by atoms with E-state index in [9.17, 15) is 4.79 Å². The molecule has 6 heteroatoms. The molecule has 1 unspecified atom stereocenters. The van der Waals surface area contributed by atoms with Gasteiger partial charge in [0, 0.05) is 0 Å². The van der Waals surface area contributed by atoms with Gasteiger partial charge in [-0.15, -0.1) is 0 Å². The predicted octanol–water partition coefficient (Wildman–Crippen LogP) is -1.68. The fraction of sp³-hybridized carbons (Fsp3) is 0.222. The van der Waals surface area contributed by atoms with E-state index in [4.69, 9.17) is 20.9 Å². The maximum Gasteiger partial charge on any atom is 0.488 e. The van der Waals surface area contributed by atoms with Crippen LogP contribution in [0.1, 0.15) is 5.56 Å². The molecule has 0 spiro atoms. The number of nitrogens with two attached hydrogens (primary N) is 1. The van der Waals surface area contributed by atoms with Crippen molar-refractivity contribution in [3.8, 4) is 0 Å². The normalized spacial score (nSPS) is 12.2. The lowest BCUT2D eigenvalue weighted by atomic mass is 9.76. The van der Waals surface area contributed by atoms with Crippen LogP contribution in [0, 0.1) is 0 Å². The van der Waals surface area contributed by atoms with Gasteiger partial charge in [-0.2, -0.15) is 0 Å². The molecule has 0 amide bonds. The second-order valence-electron chi connectivity index (χ2n) is 3.22. The maximum absolute atomic E-state index is 10.5. The smallest absolute Gasteiger partial charge is 0.480 e. The van der Waals surface area contributed by atoms with Gasteiger partial charge in [0.2, 0.25) is 0 Å². The van der Waals surface area contributed by atoms with E-state index in [1.165, 1.54) is 6.07 Å². The Morgan fingerprint density at radius 3 is 2.53 bits per heavy atom. The average Bonchev–Trinajstić information content (AvgIpc) is 2.18. The van der Waals surface area contributed by atoms with Gasteiger partial charge in [-0.3, -0.25) is 4.79 Å². The summed E-state index contributed by atoms with van der Waals surface area (Å²) >= 11 is 0. The molecule has 80 valence electrons. The van der Waals surface area contributed by atoms with Crippen LogP contribution < -0.4 is 11.2 Å². The molecule has 0 radical (unpaired) electrons. The maximum atomic E-state index is 10.5. The second-order valence-corrected chi connectivity index (χ2v) is 3.22. The Hall–Kier alpha value is -1.37. The van der Waals surface area contributed by atoms with Gasteiger partial charge in [-0.05, 0) is 17.4 Å². The van der Waals surface area contributed by atoms with Crippen LogP contribution >= 0.6 is 0 Å². The van der Waals surface area contributed by atoms with Crippen molar-refractivity contribution in [1.82, 2.24) is 0 Å². The van der Waals surface area contributed by atoms with Gasteiger partial charge in [-0.1, -0.05) is 24.3 Å². The largest absolute Gasteiger partial charge is 0.488 e. The van der Waals surface area contributed by atoms with Crippen molar-refractivity contribution >= 4 is 18.6 Å². The molecule has 1 aromatic rings. The van der Waals surface area contributed by atoms with E-state index >= 15 is 0 Å². The minimum atomic E-state index is -1.61. The molecule has 0 aromatic heterocycles. The number of carbonyl (C=O) groups is 1. The Labute approximate surface area is 87.3 Å². The number of carboxylic acids is 1. The van der Waals surface area contributed by atoms with E-state index in [0.717, 1.165) is 0 Å². The molecule has 1 aromatic carbocycles. The van der Waals surface area contributed by atoms with Crippen LogP contribution in [0.2, 0.25) is 0 Å². The van der Waals surface area contributed by atoms with Crippen molar-refractivity contribution in [2.24, 2.45) is 5.73 Å². The molecular formula is C9H12BNO4. The molecule has 0 fully saturated rings. The number of carboxylic acid groups (broad SMARTS) is 1. The quantitative estimate of drug-likeness (QED) is 0.443. The van der Waals surface area contributed by atoms with Crippen LogP contribution in [-0.4, -0.2) is 34.3 Å². The van der Waals surface area contributed by atoms with Crippen LogP contribution in [0.3, 0.4) is 0 Å². The summed E-state index contributed by atoms with van der Waals surface area (Å²) in [5.41, 5.74) is 6.17. The standard InChI is InChI=1S/C9H12BNO4/c11-8(9(12)13)5-6-3-1-2-4-7(6)10(14)15/h1-4,8,14-15H,5,11H2,(H,12,13). The summed E-state index contributed by atoms with van der Waals surface area (Å²) in [7, 11) is -1.61. The Morgan fingerprint density at radius 1 is 1.40 bits per heavy atom. The van der Waals surface area contributed by atoms with Crippen LogP contribution in [0.15, 0.2) is 24.3 Å². The lowest BCUT2D eigenvalue weighted by molar-refractivity contribution is -0.138. The highest BCUT2D eigenvalue weighted by atomic mass is 16.4. The molecule has 0 aliphatic carbocycles. The molecule has 0 aliphatic heterocycles. The fourth-order valence-electron chi connectivity index (χ4n) is 1.30. The number of rotatable bonds is 4. The minimum absolute atomic E-state index is 0.0725. The Balaban J connectivity index is 2.89. The average molecular weight is 209 g/mol. The van der Waals surface area contributed by atoms with Gasteiger partial charge in [0.25, 0.3) is 0 Å². The molecule has 0 saturated carbocycles. The van der Waals surface area contributed by atoms with E-state index in [1.807, 2.05) is 0 Å². The molecule has 1 rings (SSSR count). The van der Waals surface area contributed by atoms with Crippen LogP contribution in [-0.2, 0) is 11.2 Å². The van der Waals surface area contributed by atoms with Gasteiger partial charge >= 0.3 is 13.1 Å². The molecule has 0 aliphatic rings. The summed E-state index contributed by atoms with van der Waals surface area (Å²) in [5.74, 6) is -1.11. The zero-order chi connectivity index (χ0) is 11.4. The van der Waals surface area contributed by atoms with Gasteiger partial charge in [0.15, 0.2) is 0 Å². The Kier molecular flexibility index (Phi) is 3.84. The summed E-state index contributed by atoms with van der Waals surface area (Å²) in [5, 5.41) is 26.7. The van der Waals surface area contributed by atoms with Crippen LogP contribution in [0.4, 0.5) is 0 Å². The third-order valence-corrected chi connectivity index (χ3v) is 2.09. The van der Waals surface area contributed by atoms with Crippen molar-refractivity contribution in [3.63, 3.8) is 0 Å². The van der Waals surface area contributed by atoms with Crippen LogP contribution in [0.25, 0.3) is 0 Å². The number of aliphatic carboxylic acids is 1. The van der Waals surface area contributed by atoms with E-state index in [2.05, 4.69) is 0 Å². The summed E-state index contributed by atoms with van der Waals surface area (Å²) in [6, 6.07) is 5.44. The third-order valence-electron chi connectivity index (χ3n) is 2.09. The lowest BCUT2D eigenvalue weighted by Gasteiger charge is -2.10. The zero-order valence-electron chi connectivity index (χ0n) is 8.00. The van der Waals surface area contributed by atoms with E-state index in [1.54, 1.807) is 18.2 Å². The first kappa shape index (κ1) is 11.7. The van der Waals surface area contributed by atoms with Gasteiger partial charge in [0.05, 0.1) is 0 Å². The van der Waals surface area contributed by atoms with E-state index in [-0.39, 0.29) is 11.9 Å². The van der Waals surface area contributed by atoms with Gasteiger partial charge < -0.3 is 20.9 Å². The van der Waals surface area contributed by atoms with E-state index in [0.29, 0.717) is 5.56 Å². The first-order chi connectivity index (χ1) is 7.02. The van der Waals surface area contributed by atoms with Crippen molar-refractivity contribution < 1.29 is 19.9 Å². The van der Waals surface area contributed by atoms with E-state index < -0.39 is 19.1 Å². The molecule has 0 heterocycles. The highest BCUT2D eigenvalue weighted by molar-refractivity contribution is 6.59. The number of hydrogen-bond acceptors (Lipinski definition) is 4. The Bertz CT molecular complexity index is 356. The first-order valence-corrected chi connectivity index (χ1v) is 4.44. The molecule has 0 bridgehead atoms. The van der Waals surface area contributed by atoms with Gasteiger partial charge in [0.1, 0.15) is 6.04 Å².